The van der Waals surface area contributed by atoms with E-state index in [9.17, 15) is 13.2 Å². The molecule has 1 aromatic rings. The number of hydrogen-bond acceptors (Lipinski definition) is 4. The highest BCUT2D eigenvalue weighted by Crippen LogP contribution is 2.11. The quantitative estimate of drug-likeness (QED) is 0.839. The van der Waals surface area contributed by atoms with Crippen molar-refractivity contribution in [2.75, 3.05) is 12.9 Å². The number of benzene rings is 1. The van der Waals surface area contributed by atoms with Crippen molar-refractivity contribution >= 4 is 15.7 Å². The molecule has 6 heteroatoms. The van der Waals surface area contributed by atoms with E-state index in [0.717, 1.165) is 6.26 Å². The number of carbonyl (C=O) groups excluding carboxylic acids is 1. The minimum atomic E-state index is -3.25. The first-order valence-electron chi connectivity index (χ1n) is 5.97. The van der Waals surface area contributed by atoms with Crippen LogP contribution in [0.2, 0.25) is 0 Å². The molecule has 0 aliphatic heterocycles. The molecular formula is C13H19NO4S. The second kappa shape index (κ2) is 6.16. The van der Waals surface area contributed by atoms with Crippen LogP contribution in [-0.2, 0) is 9.84 Å². The van der Waals surface area contributed by atoms with Gasteiger partial charge in [-0.1, -0.05) is 6.92 Å². The summed E-state index contributed by atoms with van der Waals surface area (Å²) in [6.07, 6.45) is 1.12. The Kier molecular flexibility index (Phi) is 5.08. The molecule has 2 N–H and O–H groups in total. The maximum atomic E-state index is 11.9. The van der Waals surface area contributed by atoms with Gasteiger partial charge in [0, 0.05) is 24.5 Å². The number of nitrogens with one attached hydrogen (secondary N) is 1. The van der Waals surface area contributed by atoms with E-state index in [1.807, 2.05) is 13.8 Å². The molecule has 0 aromatic heterocycles. The van der Waals surface area contributed by atoms with Crippen LogP contribution in [0.1, 0.15) is 24.2 Å². The number of sulfone groups is 1. The molecule has 0 aliphatic carbocycles. The Balaban J connectivity index is 2.79. The zero-order valence-electron chi connectivity index (χ0n) is 11.3. The molecule has 19 heavy (non-hydrogen) atoms. The lowest BCUT2D eigenvalue weighted by atomic mass is 10.0. The van der Waals surface area contributed by atoms with Crippen molar-refractivity contribution in [3.63, 3.8) is 0 Å². The number of carbonyl (C=O) groups is 1. The van der Waals surface area contributed by atoms with E-state index in [1.54, 1.807) is 0 Å². The van der Waals surface area contributed by atoms with E-state index >= 15 is 0 Å². The van der Waals surface area contributed by atoms with Gasteiger partial charge in [0.15, 0.2) is 9.84 Å². The summed E-state index contributed by atoms with van der Waals surface area (Å²) in [5, 5.41) is 11.8. The smallest absolute Gasteiger partial charge is 0.251 e. The van der Waals surface area contributed by atoms with Crippen LogP contribution in [0.5, 0.6) is 0 Å². The molecule has 1 amide bonds. The standard InChI is InChI=1S/C13H19NO4S/c1-9(8-15)10(2)14-13(16)11-4-6-12(7-5-11)19(3,17)18/h4-7,9-10,15H,8H2,1-3H3,(H,14,16). The summed E-state index contributed by atoms with van der Waals surface area (Å²) in [6, 6.07) is 5.60. The van der Waals surface area contributed by atoms with Crippen LogP contribution in [0, 0.1) is 5.92 Å². The molecule has 2 atom stereocenters. The van der Waals surface area contributed by atoms with Crippen molar-refractivity contribution in [3.05, 3.63) is 29.8 Å². The lowest BCUT2D eigenvalue weighted by Gasteiger charge is -2.19. The molecule has 0 saturated heterocycles. The largest absolute Gasteiger partial charge is 0.396 e. The lowest BCUT2D eigenvalue weighted by molar-refractivity contribution is 0.0916. The fourth-order valence-electron chi connectivity index (χ4n) is 1.44. The third-order valence-corrected chi connectivity index (χ3v) is 4.17. The van der Waals surface area contributed by atoms with E-state index in [-0.39, 0.29) is 29.4 Å². The van der Waals surface area contributed by atoms with Gasteiger partial charge in [-0.3, -0.25) is 4.79 Å². The van der Waals surface area contributed by atoms with Gasteiger partial charge in [-0.05, 0) is 37.1 Å². The van der Waals surface area contributed by atoms with Crippen LogP contribution in [-0.4, -0.2) is 38.3 Å². The molecule has 106 valence electrons. The first-order chi connectivity index (χ1) is 8.75. The summed E-state index contributed by atoms with van der Waals surface area (Å²) >= 11 is 0. The van der Waals surface area contributed by atoms with E-state index in [1.165, 1.54) is 24.3 Å². The molecule has 0 saturated carbocycles. The summed E-state index contributed by atoms with van der Waals surface area (Å²) in [6.45, 7) is 3.63. The summed E-state index contributed by atoms with van der Waals surface area (Å²) in [5.74, 6) is -0.327. The van der Waals surface area contributed by atoms with Crippen molar-refractivity contribution in [1.29, 1.82) is 0 Å². The average Bonchev–Trinajstić information content (AvgIpc) is 2.36. The third kappa shape index (κ3) is 4.33. The molecule has 0 spiro atoms. The van der Waals surface area contributed by atoms with Gasteiger partial charge in [0.2, 0.25) is 0 Å². The van der Waals surface area contributed by atoms with Crippen LogP contribution >= 0.6 is 0 Å². The van der Waals surface area contributed by atoms with Gasteiger partial charge >= 0.3 is 0 Å². The number of aliphatic hydroxyl groups excluding tert-OH is 1. The Morgan fingerprint density at radius 3 is 2.21 bits per heavy atom. The predicted molar refractivity (Wildman–Crippen MR) is 72.7 cm³/mol. The van der Waals surface area contributed by atoms with Crippen LogP contribution in [0.3, 0.4) is 0 Å². The fourth-order valence-corrected chi connectivity index (χ4v) is 2.07. The van der Waals surface area contributed by atoms with E-state index < -0.39 is 9.84 Å². The third-order valence-electron chi connectivity index (χ3n) is 3.04. The molecule has 0 bridgehead atoms. The predicted octanol–water partition coefficient (Wildman–Crippen LogP) is 0.837. The zero-order valence-corrected chi connectivity index (χ0v) is 12.1. The Labute approximate surface area is 113 Å². The molecule has 2 unspecified atom stereocenters. The molecule has 1 rings (SSSR count). The normalized spacial score (nSPS) is 14.7. The topological polar surface area (TPSA) is 83.5 Å². The first kappa shape index (κ1) is 15.7. The van der Waals surface area contributed by atoms with Crippen LogP contribution < -0.4 is 5.32 Å². The Bertz CT molecular complexity index is 536. The average molecular weight is 285 g/mol. The van der Waals surface area contributed by atoms with Crippen molar-refractivity contribution in [3.8, 4) is 0 Å². The molecule has 0 aliphatic rings. The van der Waals surface area contributed by atoms with E-state index in [0.29, 0.717) is 5.56 Å². The summed E-state index contributed by atoms with van der Waals surface area (Å²) < 4.78 is 22.6. The second-order valence-electron chi connectivity index (χ2n) is 4.72. The van der Waals surface area contributed by atoms with Crippen molar-refractivity contribution in [1.82, 2.24) is 5.32 Å². The van der Waals surface area contributed by atoms with Crippen molar-refractivity contribution < 1.29 is 18.3 Å². The van der Waals surface area contributed by atoms with Gasteiger partial charge in [-0.15, -0.1) is 0 Å². The molecule has 5 nitrogen and oxygen atoms in total. The van der Waals surface area contributed by atoms with Gasteiger partial charge in [-0.25, -0.2) is 8.42 Å². The van der Waals surface area contributed by atoms with Crippen molar-refractivity contribution in [2.45, 2.75) is 24.8 Å². The SMILES string of the molecule is CC(CO)C(C)NC(=O)c1ccc(S(C)(=O)=O)cc1. The van der Waals surface area contributed by atoms with Crippen LogP contribution in [0.25, 0.3) is 0 Å². The highest BCUT2D eigenvalue weighted by molar-refractivity contribution is 7.90. The minimum Gasteiger partial charge on any atom is -0.396 e. The molecule has 1 aromatic carbocycles. The molecular weight excluding hydrogens is 266 g/mol. The number of amides is 1. The highest BCUT2D eigenvalue weighted by Gasteiger charge is 2.15. The number of hydrogen-bond donors (Lipinski definition) is 2. The monoisotopic (exact) mass is 285 g/mol. The van der Waals surface area contributed by atoms with Gasteiger partial charge < -0.3 is 10.4 Å². The zero-order chi connectivity index (χ0) is 14.6. The molecule has 0 fully saturated rings. The first-order valence-corrected chi connectivity index (χ1v) is 7.86. The fraction of sp³-hybridized carbons (Fsp3) is 0.462. The van der Waals surface area contributed by atoms with Crippen LogP contribution in [0.4, 0.5) is 0 Å². The molecule has 0 radical (unpaired) electrons. The lowest BCUT2D eigenvalue weighted by Crippen LogP contribution is -2.38. The highest BCUT2D eigenvalue weighted by atomic mass is 32.2. The maximum absolute atomic E-state index is 11.9. The van der Waals surface area contributed by atoms with E-state index in [2.05, 4.69) is 5.32 Å². The maximum Gasteiger partial charge on any atom is 0.251 e. The summed E-state index contributed by atoms with van der Waals surface area (Å²) in [5.41, 5.74) is 0.393. The second-order valence-corrected chi connectivity index (χ2v) is 6.73. The Morgan fingerprint density at radius 1 is 1.26 bits per heavy atom. The van der Waals surface area contributed by atoms with E-state index in [4.69, 9.17) is 5.11 Å². The van der Waals surface area contributed by atoms with Gasteiger partial charge in [0.25, 0.3) is 5.91 Å². The summed E-state index contributed by atoms with van der Waals surface area (Å²) in [7, 11) is -3.25. The van der Waals surface area contributed by atoms with Crippen molar-refractivity contribution in [2.24, 2.45) is 5.92 Å². The number of aliphatic hydroxyl groups is 1. The Morgan fingerprint density at radius 2 is 1.79 bits per heavy atom. The molecule has 0 heterocycles. The minimum absolute atomic E-state index is 0.00549. The van der Waals surface area contributed by atoms with Gasteiger partial charge in [-0.2, -0.15) is 0 Å². The van der Waals surface area contributed by atoms with Gasteiger partial charge in [0.05, 0.1) is 4.90 Å². The Hall–Kier alpha value is -1.40. The van der Waals surface area contributed by atoms with Crippen LogP contribution in [0.15, 0.2) is 29.2 Å². The summed E-state index contributed by atoms with van der Waals surface area (Å²) in [4.78, 5) is 12.1. The number of rotatable bonds is 5. The van der Waals surface area contributed by atoms with Gasteiger partial charge in [0.1, 0.15) is 0 Å².